The number of aromatic nitrogens is 1. The largest absolute Gasteiger partial charge is 0.464 e. The average molecular weight is 897 g/mol. The molecule has 0 unspecified atom stereocenters. The first-order chi connectivity index (χ1) is 32.8. The van der Waals surface area contributed by atoms with Crippen molar-refractivity contribution in [3.63, 3.8) is 0 Å². The molecule has 0 N–H and O–H groups in total. The third-order valence-corrected chi connectivity index (χ3v) is 17.6. The number of nitrogens with zero attached hydrogens (tertiary/aromatic N) is 2. The Bertz CT molecular complexity index is 4190. The lowest BCUT2D eigenvalue weighted by atomic mass is 9.43. The Hall–Kier alpha value is -7.02. The highest BCUT2D eigenvalue weighted by Gasteiger charge is 2.47. The summed E-state index contributed by atoms with van der Waals surface area (Å²) in [6.07, 6.45) is 4.28. The Balaban J connectivity index is 1.19. The van der Waals surface area contributed by atoms with E-state index in [9.17, 15) is 0 Å². The van der Waals surface area contributed by atoms with Crippen molar-refractivity contribution in [1.82, 2.24) is 4.57 Å². The second kappa shape index (κ2) is 12.9. The Morgan fingerprint density at radius 3 is 2.10 bits per heavy atom. The molecule has 0 spiro atoms. The fourth-order valence-electron chi connectivity index (χ4n) is 12.8. The minimum absolute atomic E-state index is 0.00630. The topological polar surface area (TPSA) is 34.5 Å². The maximum absolute atomic E-state index is 6.79. The van der Waals surface area contributed by atoms with Crippen LogP contribution in [0.5, 0.6) is 0 Å². The van der Waals surface area contributed by atoms with E-state index in [0.29, 0.717) is 0 Å². The van der Waals surface area contributed by atoms with E-state index >= 15 is 0 Å². The van der Waals surface area contributed by atoms with Crippen LogP contribution in [0.25, 0.3) is 103 Å². The predicted molar refractivity (Wildman–Crippen MR) is 289 cm³/mol. The van der Waals surface area contributed by atoms with E-state index in [1.165, 1.54) is 86.4 Å². The standard InChI is InChI=1S/C62H49BN2O2S/c1-60(2,3)35-21-23-36(24-22-35)65-48-32-52-39(37-17-11-13-19-50(37)67-52)27-41(48)56-57-58-54(55-38-18-12-14-20-53(38)68-59(55)56)42-28-44-45(62(6,7)26-25-61(44,4)5)30-47(42)64(58)49-29-40-43(34-15-9-8-10-16-34)33-66-51(40)31-46(49)63(57)65/h8-24,27-33H,25-26H2,1-7H3. The van der Waals surface area contributed by atoms with Gasteiger partial charge in [-0.3, -0.25) is 0 Å². The molecular formula is C62H49BN2O2S. The average Bonchev–Trinajstić information content (AvgIpc) is 4.11. The van der Waals surface area contributed by atoms with Crippen LogP contribution in [0.4, 0.5) is 11.4 Å². The Morgan fingerprint density at radius 2 is 1.32 bits per heavy atom. The fraction of sp³-hybridized carbons (Fsp3) is 0.194. The number of thiophene rings is 1. The lowest BCUT2D eigenvalue weighted by molar-refractivity contribution is 0.332. The van der Waals surface area contributed by atoms with E-state index in [0.717, 1.165) is 68.3 Å². The molecule has 3 aliphatic rings. The summed E-state index contributed by atoms with van der Waals surface area (Å²) >= 11 is 1.95. The normalized spacial score (nSPS) is 15.9. The molecule has 8 aromatic carbocycles. The molecule has 15 rings (SSSR count). The summed E-state index contributed by atoms with van der Waals surface area (Å²) in [5.41, 5.74) is 20.5. The summed E-state index contributed by atoms with van der Waals surface area (Å²) in [7, 11) is 0. The highest BCUT2D eigenvalue weighted by molar-refractivity contribution is 7.27. The van der Waals surface area contributed by atoms with E-state index in [2.05, 4.69) is 197 Å². The van der Waals surface area contributed by atoms with Gasteiger partial charge >= 0.3 is 6.85 Å². The number of rotatable bonds is 2. The Labute approximate surface area is 399 Å². The summed E-state index contributed by atoms with van der Waals surface area (Å²) < 4.78 is 18.8. The zero-order chi connectivity index (χ0) is 45.7. The van der Waals surface area contributed by atoms with Crippen molar-refractivity contribution in [1.29, 1.82) is 0 Å². The first kappa shape index (κ1) is 39.0. The number of para-hydroxylation sites is 1. The molecule has 0 fully saturated rings. The highest BCUT2D eigenvalue weighted by Crippen LogP contribution is 2.56. The monoisotopic (exact) mass is 896 g/mol. The van der Waals surface area contributed by atoms with E-state index < -0.39 is 0 Å². The van der Waals surface area contributed by atoms with Gasteiger partial charge in [-0.15, -0.1) is 11.3 Å². The van der Waals surface area contributed by atoms with Crippen molar-refractivity contribution in [2.45, 2.75) is 77.6 Å². The summed E-state index contributed by atoms with van der Waals surface area (Å²) in [4.78, 5) is 2.64. The second-order valence-electron chi connectivity index (χ2n) is 22.3. The van der Waals surface area contributed by atoms with Crippen molar-refractivity contribution in [2.75, 3.05) is 4.81 Å². The van der Waals surface area contributed by atoms with Crippen molar-refractivity contribution in [3.8, 4) is 27.9 Å². The minimum Gasteiger partial charge on any atom is -0.464 e. The third-order valence-electron chi connectivity index (χ3n) is 16.4. The predicted octanol–water partition coefficient (Wildman–Crippen LogP) is 16.3. The van der Waals surface area contributed by atoms with Gasteiger partial charge in [0.05, 0.1) is 17.3 Å². The molecule has 6 heterocycles. The number of hydrogen-bond acceptors (Lipinski definition) is 4. The molecule has 1 aliphatic carbocycles. The van der Waals surface area contributed by atoms with Gasteiger partial charge in [-0.25, -0.2) is 0 Å². The van der Waals surface area contributed by atoms with Gasteiger partial charge in [0.15, 0.2) is 0 Å². The second-order valence-corrected chi connectivity index (χ2v) is 23.3. The number of anilines is 2. The minimum atomic E-state index is -0.194. The zero-order valence-electron chi connectivity index (χ0n) is 39.5. The smallest absolute Gasteiger partial charge is 0.333 e. The summed E-state index contributed by atoms with van der Waals surface area (Å²) in [5, 5.41) is 8.78. The molecule has 0 saturated carbocycles. The molecule has 4 aromatic heterocycles. The van der Waals surface area contributed by atoms with Gasteiger partial charge in [0, 0.05) is 86.9 Å². The first-order valence-electron chi connectivity index (χ1n) is 24.3. The van der Waals surface area contributed by atoms with Gasteiger partial charge in [0.1, 0.15) is 16.7 Å². The van der Waals surface area contributed by atoms with Crippen molar-refractivity contribution in [3.05, 3.63) is 162 Å². The van der Waals surface area contributed by atoms with Crippen LogP contribution in [0.1, 0.15) is 78.0 Å². The lowest BCUT2D eigenvalue weighted by Crippen LogP contribution is -2.60. The summed E-state index contributed by atoms with van der Waals surface area (Å²) in [5.74, 6) is 0. The zero-order valence-corrected chi connectivity index (χ0v) is 40.3. The van der Waals surface area contributed by atoms with Crippen LogP contribution >= 0.6 is 11.3 Å². The molecule has 0 saturated heterocycles. The van der Waals surface area contributed by atoms with Gasteiger partial charge in [0.25, 0.3) is 0 Å². The van der Waals surface area contributed by atoms with E-state index in [-0.39, 0.29) is 23.1 Å². The molecule has 4 nitrogen and oxygen atoms in total. The SMILES string of the molecule is CC(C)(C)c1ccc(N2B3c4cc5occ(-c6ccccc6)c5cc4-n4c5cc6c(cc5c5c7c(sc8ccccc87)c(c3c54)-c3cc4c(cc32)oc2ccccc24)C(C)(C)CCC6(C)C)cc1. The molecule has 6 heteroatoms. The molecular weight excluding hydrogens is 848 g/mol. The van der Waals surface area contributed by atoms with Crippen LogP contribution in [0.2, 0.25) is 0 Å². The first-order valence-corrected chi connectivity index (χ1v) is 25.1. The molecule has 0 atom stereocenters. The lowest BCUT2D eigenvalue weighted by Gasteiger charge is -2.42. The maximum Gasteiger partial charge on any atom is 0.333 e. The highest BCUT2D eigenvalue weighted by atomic mass is 32.1. The van der Waals surface area contributed by atoms with Gasteiger partial charge in [0.2, 0.25) is 0 Å². The van der Waals surface area contributed by atoms with Crippen LogP contribution in [0, 0.1) is 0 Å². The van der Waals surface area contributed by atoms with Crippen LogP contribution in [0.3, 0.4) is 0 Å². The van der Waals surface area contributed by atoms with Gasteiger partial charge in [-0.2, -0.15) is 0 Å². The van der Waals surface area contributed by atoms with Crippen molar-refractivity contribution in [2.24, 2.45) is 0 Å². The van der Waals surface area contributed by atoms with Gasteiger partial charge in [-0.05, 0) is 117 Å². The number of fused-ring (bicyclic) bond motifs is 18. The third kappa shape index (κ3) is 5.01. The number of hydrogen-bond donors (Lipinski definition) is 0. The molecule has 12 aromatic rings. The summed E-state index contributed by atoms with van der Waals surface area (Å²) in [6, 6.07) is 52.7. The van der Waals surface area contributed by atoms with Crippen LogP contribution in [-0.2, 0) is 16.2 Å². The van der Waals surface area contributed by atoms with Gasteiger partial charge in [-0.1, -0.05) is 127 Å². The fourth-order valence-corrected chi connectivity index (χ4v) is 14.1. The van der Waals surface area contributed by atoms with Crippen LogP contribution < -0.4 is 15.7 Å². The number of benzene rings is 8. The molecule has 2 aliphatic heterocycles. The van der Waals surface area contributed by atoms with E-state index in [1.807, 2.05) is 17.6 Å². The summed E-state index contributed by atoms with van der Waals surface area (Å²) in [6.45, 7) is 16.6. The van der Waals surface area contributed by atoms with E-state index in [1.54, 1.807) is 0 Å². The van der Waals surface area contributed by atoms with Crippen molar-refractivity contribution < 1.29 is 8.83 Å². The quantitative estimate of drug-likeness (QED) is 0.162. The molecule has 0 amide bonds. The Kier molecular flexibility index (Phi) is 7.43. The van der Waals surface area contributed by atoms with Crippen LogP contribution in [0.15, 0.2) is 155 Å². The molecule has 0 radical (unpaired) electrons. The van der Waals surface area contributed by atoms with Gasteiger partial charge < -0.3 is 18.2 Å². The van der Waals surface area contributed by atoms with E-state index in [4.69, 9.17) is 8.83 Å². The Morgan fingerprint density at radius 1 is 0.603 bits per heavy atom. The molecule has 0 bridgehead atoms. The molecule has 68 heavy (non-hydrogen) atoms. The van der Waals surface area contributed by atoms with Crippen LogP contribution in [-0.4, -0.2) is 11.4 Å². The molecule has 328 valence electrons. The maximum atomic E-state index is 6.79. The van der Waals surface area contributed by atoms with Crippen molar-refractivity contribution >= 4 is 115 Å². The number of furan rings is 2.